The number of carbonyl (C=O) groups is 1. The van der Waals surface area contributed by atoms with Crippen LogP contribution < -0.4 is 4.74 Å². The van der Waals surface area contributed by atoms with Crippen LogP contribution in [0.1, 0.15) is 36.5 Å². The number of rotatable bonds is 9. The molecule has 0 aliphatic heterocycles. The average molecular weight is 487 g/mol. The molecule has 1 aliphatic carbocycles. The number of sulfone groups is 1. The van der Waals surface area contributed by atoms with Crippen LogP contribution in [-0.2, 0) is 33.1 Å². The van der Waals surface area contributed by atoms with E-state index in [1.165, 1.54) is 6.07 Å². The van der Waals surface area contributed by atoms with Crippen LogP contribution >= 0.6 is 11.6 Å². The molecule has 33 heavy (non-hydrogen) atoms. The van der Waals surface area contributed by atoms with Crippen molar-refractivity contribution in [3.63, 3.8) is 0 Å². The van der Waals surface area contributed by atoms with Gasteiger partial charge in [0.2, 0.25) is 0 Å². The first-order valence-electron chi connectivity index (χ1n) is 10.8. The summed E-state index contributed by atoms with van der Waals surface area (Å²) < 4.78 is 44.3. The van der Waals surface area contributed by atoms with Crippen LogP contribution in [0.5, 0.6) is 5.75 Å². The number of ketones is 1. The number of benzene rings is 3. The topological polar surface area (TPSA) is 60.4 Å². The Morgan fingerprint density at radius 1 is 0.970 bits per heavy atom. The summed E-state index contributed by atoms with van der Waals surface area (Å²) in [7, 11) is -3.25. The molecule has 0 aromatic heterocycles. The van der Waals surface area contributed by atoms with Gasteiger partial charge in [-0.25, -0.2) is 12.8 Å². The van der Waals surface area contributed by atoms with Gasteiger partial charge in [0, 0.05) is 23.4 Å². The third-order valence-electron chi connectivity index (χ3n) is 5.83. The molecule has 0 saturated heterocycles. The summed E-state index contributed by atoms with van der Waals surface area (Å²) in [6, 6.07) is 18.3. The highest BCUT2D eigenvalue weighted by molar-refractivity contribution is 7.91. The van der Waals surface area contributed by atoms with Gasteiger partial charge < -0.3 is 4.74 Å². The van der Waals surface area contributed by atoms with Crippen molar-refractivity contribution in [2.75, 3.05) is 5.75 Å². The Bertz CT molecular complexity index is 1260. The van der Waals surface area contributed by atoms with Crippen molar-refractivity contribution in [3.8, 4) is 5.75 Å². The van der Waals surface area contributed by atoms with Gasteiger partial charge >= 0.3 is 0 Å². The Hall–Kier alpha value is -2.70. The summed E-state index contributed by atoms with van der Waals surface area (Å²) in [5, 5.41) is 0.350. The van der Waals surface area contributed by atoms with Crippen molar-refractivity contribution < 1.29 is 22.3 Å². The van der Waals surface area contributed by atoms with E-state index >= 15 is 0 Å². The maximum atomic E-state index is 14.3. The molecule has 172 valence electrons. The van der Waals surface area contributed by atoms with Crippen LogP contribution in [0, 0.1) is 5.82 Å². The van der Waals surface area contributed by atoms with Crippen LogP contribution in [0.15, 0.2) is 71.6 Å². The van der Waals surface area contributed by atoms with Gasteiger partial charge in [-0.1, -0.05) is 48.9 Å². The van der Waals surface area contributed by atoms with Crippen LogP contribution in [-0.4, -0.2) is 20.0 Å². The molecular weight excluding hydrogens is 463 g/mol. The fraction of sp³-hybridized carbons (Fsp3) is 0.269. The molecule has 0 unspecified atom stereocenters. The van der Waals surface area contributed by atoms with E-state index < -0.39 is 15.4 Å². The Balaban J connectivity index is 1.36. The SMILES string of the molecule is CCS(=O)(=O)c1ccc(CC(=O)Cc2ccc(OC3(c4ccc(Cl)cc4F)CC3)cc2)cc1. The predicted octanol–water partition coefficient (Wildman–Crippen LogP) is 5.70. The lowest BCUT2D eigenvalue weighted by Crippen LogP contribution is -2.17. The fourth-order valence-electron chi connectivity index (χ4n) is 3.80. The predicted molar refractivity (Wildman–Crippen MR) is 126 cm³/mol. The van der Waals surface area contributed by atoms with Crippen molar-refractivity contribution in [2.24, 2.45) is 0 Å². The molecule has 4 rings (SSSR count). The van der Waals surface area contributed by atoms with Crippen LogP contribution in [0.3, 0.4) is 0 Å². The first-order chi connectivity index (χ1) is 15.7. The normalized spacial score (nSPS) is 14.6. The second-order valence-corrected chi connectivity index (χ2v) is 11.0. The molecule has 0 N–H and O–H groups in total. The molecule has 0 radical (unpaired) electrons. The summed E-state index contributed by atoms with van der Waals surface area (Å²) in [6.07, 6.45) is 1.93. The zero-order valence-corrected chi connectivity index (χ0v) is 19.8. The van der Waals surface area contributed by atoms with Crippen molar-refractivity contribution in [2.45, 2.75) is 43.1 Å². The molecule has 7 heteroatoms. The standard InChI is InChI=1S/C26H24ClFO4S/c1-2-33(30,31)23-10-5-19(6-11-23)16-21(29)15-18-3-8-22(9-4-18)32-26(13-14-26)24-12-7-20(27)17-25(24)28/h3-12,17H,2,13-16H2,1H3. The van der Waals surface area contributed by atoms with E-state index in [0.29, 0.717) is 16.3 Å². The Kier molecular flexibility index (Phi) is 6.59. The van der Waals surface area contributed by atoms with E-state index in [1.807, 2.05) is 12.1 Å². The van der Waals surface area contributed by atoms with E-state index in [-0.39, 0.29) is 35.1 Å². The first kappa shape index (κ1) is 23.5. The van der Waals surface area contributed by atoms with Gasteiger partial charge in [0.1, 0.15) is 23.0 Å². The number of carbonyl (C=O) groups excluding carboxylic acids is 1. The second-order valence-electron chi connectivity index (χ2n) is 8.30. The Morgan fingerprint density at radius 2 is 1.55 bits per heavy atom. The fourth-order valence-corrected chi connectivity index (χ4v) is 4.84. The molecule has 4 nitrogen and oxygen atoms in total. The van der Waals surface area contributed by atoms with Crippen molar-refractivity contribution in [3.05, 3.63) is 94.3 Å². The monoisotopic (exact) mass is 486 g/mol. The molecule has 3 aromatic rings. The summed E-state index contributed by atoms with van der Waals surface area (Å²) in [4.78, 5) is 12.8. The quantitative estimate of drug-likeness (QED) is 0.389. The minimum Gasteiger partial charge on any atom is -0.482 e. The average Bonchev–Trinajstić information content (AvgIpc) is 3.55. The van der Waals surface area contributed by atoms with Crippen LogP contribution in [0.4, 0.5) is 4.39 Å². The largest absolute Gasteiger partial charge is 0.482 e. The molecule has 0 amide bonds. The smallest absolute Gasteiger partial charge is 0.178 e. The zero-order chi connectivity index (χ0) is 23.6. The summed E-state index contributed by atoms with van der Waals surface area (Å²) in [5.41, 5.74) is 1.46. The molecule has 1 saturated carbocycles. The Morgan fingerprint density at radius 3 is 2.06 bits per heavy atom. The molecule has 0 spiro atoms. The molecular formula is C26H24ClFO4S. The highest BCUT2D eigenvalue weighted by atomic mass is 35.5. The third kappa shape index (κ3) is 5.45. The van der Waals surface area contributed by atoms with Crippen LogP contribution in [0.2, 0.25) is 5.02 Å². The van der Waals surface area contributed by atoms with Gasteiger partial charge in [-0.2, -0.15) is 0 Å². The van der Waals surface area contributed by atoms with Gasteiger partial charge in [0.25, 0.3) is 0 Å². The lowest BCUT2D eigenvalue weighted by molar-refractivity contribution is -0.117. The first-order valence-corrected chi connectivity index (χ1v) is 12.8. The third-order valence-corrected chi connectivity index (χ3v) is 7.81. The molecule has 1 aliphatic rings. The number of Topliss-reactive ketones (excluding diaryl/α,β-unsaturated/α-hetero) is 1. The van der Waals surface area contributed by atoms with Crippen molar-refractivity contribution in [1.82, 2.24) is 0 Å². The van der Waals surface area contributed by atoms with Gasteiger partial charge in [0.15, 0.2) is 9.84 Å². The van der Waals surface area contributed by atoms with E-state index in [9.17, 15) is 17.6 Å². The lowest BCUT2D eigenvalue weighted by Gasteiger charge is -2.19. The maximum absolute atomic E-state index is 14.3. The van der Waals surface area contributed by atoms with E-state index in [1.54, 1.807) is 55.5 Å². The Labute approximate surface area is 198 Å². The van der Waals surface area contributed by atoms with E-state index in [4.69, 9.17) is 16.3 Å². The molecule has 0 bridgehead atoms. The second kappa shape index (κ2) is 9.27. The molecule has 0 heterocycles. The summed E-state index contributed by atoms with van der Waals surface area (Å²) in [6.45, 7) is 1.60. The summed E-state index contributed by atoms with van der Waals surface area (Å²) >= 11 is 5.86. The maximum Gasteiger partial charge on any atom is 0.178 e. The van der Waals surface area contributed by atoms with Gasteiger partial charge in [-0.15, -0.1) is 0 Å². The number of ether oxygens (including phenoxy) is 1. The minimum atomic E-state index is -3.25. The van der Waals surface area contributed by atoms with Gasteiger partial charge in [-0.05, 0) is 60.4 Å². The summed E-state index contributed by atoms with van der Waals surface area (Å²) in [5.74, 6) is 0.311. The van der Waals surface area contributed by atoms with Gasteiger partial charge in [0.05, 0.1) is 10.6 Å². The van der Waals surface area contributed by atoms with E-state index in [0.717, 1.165) is 24.0 Å². The molecule has 3 aromatic carbocycles. The van der Waals surface area contributed by atoms with Crippen molar-refractivity contribution >= 4 is 27.2 Å². The zero-order valence-electron chi connectivity index (χ0n) is 18.2. The molecule has 1 fully saturated rings. The van der Waals surface area contributed by atoms with Gasteiger partial charge in [-0.3, -0.25) is 4.79 Å². The van der Waals surface area contributed by atoms with Crippen LogP contribution in [0.25, 0.3) is 0 Å². The molecule has 0 atom stereocenters. The van der Waals surface area contributed by atoms with Crippen molar-refractivity contribution in [1.29, 1.82) is 0 Å². The highest BCUT2D eigenvalue weighted by Gasteiger charge is 2.49. The van der Waals surface area contributed by atoms with E-state index in [2.05, 4.69) is 0 Å². The number of halogens is 2. The lowest BCUT2D eigenvalue weighted by atomic mass is 10.0. The highest BCUT2D eigenvalue weighted by Crippen LogP contribution is 2.50. The number of hydrogen-bond donors (Lipinski definition) is 0. The number of hydrogen-bond acceptors (Lipinski definition) is 4. The minimum absolute atomic E-state index is 0.0247.